The van der Waals surface area contributed by atoms with Crippen LogP contribution in [0, 0.1) is 23.5 Å². The molecule has 3 aromatic carbocycles. The monoisotopic (exact) mass is 876 g/mol. The largest absolute Gasteiger partial charge is 0.493 e. The van der Waals surface area contributed by atoms with Crippen molar-refractivity contribution in [3.63, 3.8) is 0 Å². The number of rotatable bonds is 13. The van der Waals surface area contributed by atoms with Gasteiger partial charge in [-0.3, -0.25) is 28.2 Å². The van der Waals surface area contributed by atoms with Gasteiger partial charge in [0.15, 0.2) is 5.82 Å². The Morgan fingerprint density at radius 2 is 1.78 bits per heavy atom. The molecule has 2 aliphatic carbocycles. The molecule has 21 heteroatoms. The van der Waals surface area contributed by atoms with Crippen molar-refractivity contribution >= 4 is 55.2 Å². The number of sulfonamides is 1. The number of carbonyl (C=O) groups excluding carboxylic acids is 1. The van der Waals surface area contributed by atoms with Gasteiger partial charge in [0.25, 0.3) is 17.9 Å². The molecule has 2 N–H and O–H groups in total. The van der Waals surface area contributed by atoms with Crippen LogP contribution in [0.2, 0.25) is 5.02 Å². The summed E-state index contributed by atoms with van der Waals surface area (Å²) in [6, 6.07) is 8.38. The number of halogens is 7. The molecular weight excluding hydrogens is 842 g/mol. The van der Waals surface area contributed by atoms with Gasteiger partial charge in [0, 0.05) is 37.1 Å². The van der Waals surface area contributed by atoms with E-state index in [0.717, 1.165) is 23.0 Å². The van der Waals surface area contributed by atoms with Crippen molar-refractivity contribution in [3.05, 3.63) is 104 Å². The fourth-order valence-corrected chi connectivity index (χ4v) is 8.65. The zero-order valence-electron chi connectivity index (χ0n) is 32.1. The second-order valence-electron chi connectivity index (χ2n) is 15.4. The molecule has 316 valence electrons. The Labute approximate surface area is 342 Å². The van der Waals surface area contributed by atoms with Crippen LogP contribution < -0.4 is 20.3 Å². The molecule has 60 heavy (non-hydrogen) atoms. The molecule has 0 radical (unpaired) electrons. The van der Waals surface area contributed by atoms with E-state index in [9.17, 15) is 35.6 Å². The van der Waals surface area contributed by atoms with Gasteiger partial charge in [0.2, 0.25) is 15.9 Å². The van der Waals surface area contributed by atoms with Crippen LogP contribution in [0.15, 0.2) is 53.3 Å². The lowest BCUT2D eigenvalue weighted by atomic mass is 10.0. The number of aryl methyl sites for hydroxylation is 1. The molecule has 13 nitrogen and oxygen atoms in total. The van der Waals surface area contributed by atoms with Crippen molar-refractivity contribution < 1.29 is 44.3 Å². The molecular formula is C39H35ClF6N8O5S. The molecule has 0 spiro atoms. The van der Waals surface area contributed by atoms with Crippen LogP contribution in [0.25, 0.3) is 27.5 Å². The number of amides is 1. The lowest BCUT2D eigenvalue weighted by molar-refractivity contribution is -0.123. The molecule has 0 saturated heterocycles. The van der Waals surface area contributed by atoms with Crippen LogP contribution in [0.5, 0.6) is 5.75 Å². The highest BCUT2D eigenvalue weighted by atomic mass is 35.5. The third kappa shape index (κ3) is 7.43. The van der Waals surface area contributed by atoms with Crippen LogP contribution in [-0.2, 0) is 40.8 Å². The molecule has 0 aliphatic heterocycles. The average molecular weight is 877 g/mol. The first-order valence-corrected chi connectivity index (χ1v) is 20.8. The van der Waals surface area contributed by atoms with Crippen LogP contribution >= 0.6 is 11.6 Å². The summed E-state index contributed by atoms with van der Waals surface area (Å²) in [4.78, 5) is 33.7. The Hall–Kier alpha value is -5.63. The Morgan fingerprint density at radius 3 is 2.45 bits per heavy atom. The molecule has 8 rings (SSSR count). The number of nitrogens with zero attached hydrogens (tertiary/aromatic N) is 6. The van der Waals surface area contributed by atoms with E-state index in [2.05, 4.69) is 20.2 Å². The van der Waals surface area contributed by atoms with E-state index >= 15 is 8.78 Å². The van der Waals surface area contributed by atoms with Crippen molar-refractivity contribution in [1.29, 1.82) is 0 Å². The van der Waals surface area contributed by atoms with Gasteiger partial charge in [0.1, 0.15) is 41.1 Å². The van der Waals surface area contributed by atoms with E-state index < -0.39 is 87.7 Å². The smallest absolute Gasteiger partial charge is 0.293 e. The van der Waals surface area contributed by atoms with Crippen LogP contribution in [0.3, 0.4) is 0 Å². The standard InChI is InChI=1S/C39H35ClF6N8O5S/c1-17(2)16-59-21-5-6-22-26(13-21)48-37(54(38(22)56)28-8-7-25(40)31-33(28)52(3)50-36(31)51-60(4,57)58)27(11-18-9-19(41)12-20(42)10-18)47-29(55)15-53-34-30(32(49-53)35(43)44)23-14-24(23)39(34,45)46/h5-10,12-13,17,23-24,27,35H,11,14-16H2,1-4H3,(H,47,55)(H,50,51)/t23-,24+,27+/m1/s1. The van der Waals surface area contributed by atoms with Gasteiger partial charge >= 0.3 is 0 Å². The molecule has 3 aromatic heterocycles. The topological polar surface area (TPSA) is 155 Å². The third-order valence-corrected chi connectivity index (χ3v) is 11.2. The van der Waals surface area contributed by atoms with Gasteiger partial charge in [0.05, 0.1) is 51.4 Å². The minimum atomic E-state index is -3.90. The Bertz CT molecular complexity index is 2900. The molecule has 1 amide bonds. The zero-order chi connectivity index (χ0) is 43.2. The number of anilines is 1. The number of benzene rings is 3. The normalized spacial score (nSPS) is 17.4. The highest BCUT2D eigenvalue weighted by Gasteiger charge is 2.67. The molecule has 2 aliphatic rings. The molecule has 3 heterocycles. The molecule has 1 fully saturated rings. The number of carbonyl (C=O) groups is 1. The van der Waals surface area contributed by atoms with E-state index in [4.69, 9.17) is 21.3 Å². The summed E-state index contributed by atoms with van der Waals surface area (Å²) in [6.45, 7) is 3.18. The lowest BCUT2D eigenvalue weighted by Gasteiger charge is -2.24. The van der Waals surface area contributed by atoms with E-state index in [1.807, 2.05) is 13.8 Å². The summed E-state index contributed by atoms with van der Waals surface area (Å²) < 4.78 is 124. The quantitative estimate of drug-likeness (QED) is 0.117. The number of nitrogens with one attached hydrogen (secondary N) is 2. The number of ether oxygens (including phenoxy) is 1. The number of aromatic nitrogens is 6. The fourth-order valence-electron chi connectivity index (χ4n) is 7.91. The summed E-state index contributed by atoms with van der Waals surface area (Å²) in [5.74, 6) is -8.53. The van der Waals surface area contributed by atoms with E-state index in [0.29, 0.717) is 23.1 Å². The minimum absolute atomic E-state index is 0.000291. The van der Waals surface area contributed by atoms with Crippen LogP contribution in [-0.4, -0.2) is 56.3 Å². The highest BCUT2D eigenvalue weighted by molar-refractivity contribution is 7.92. The van der Waals surface area contributed by atoms with Gasteiger partial charge in [-0.2, -0.15) is 19.0 Å². The van der Waals surface area contributed by atoms with Crippen molar-refractivity contribution in [2.75, 3.05) is 17.6 Å². The molecule has 0 bridgehead atoms. The van der Waals surface area contributed by atoms with Gasteiger partial charge < -0.3 is 10.1 Å². The maximum absolute atomic E-state index is 15.5. The second-order valence-corrected chi connectivity index (χ2v) is 17.6. The molecule has 0 unspecified atom stereocenters. The SMILES string of the molecule is CC(C)COc1ccc2c(=O)n(-c3ccc(Cl)c4c(NS(C)(=O)=O)nn(C)c34)c([C@H](Cc3cc(F)cc(F)c3)NC(=O)Cn3nc(C(F)F)c4c3C(F)(F)[C@H]3C[C@@H]43)nc2c1. The summed E-state index contributed by atoms with van der Waals surface area (Å²) >= 11 is 6.60. The first-order chi connectivity index (χ1) is 28.2. The first-order valence-electron chi connectivity index (χ1n) is 18.6. The lowest BCUT2D eigenvalue weighted by Crippen LogP contribution is -2.38. The third-order valence-electron chi connectivity index (χ3n) is 10.4. The Kier molecular flexibility index (Phi) is 10.2. The maximum Gasteiger partial charge on any atom is 0.293 e. The van der Waals surface area contributed by atoms with Gasteiger partial charge in [-0.15, -0.1) is 0 Å². The number of alkyl halides is 4. The summed E-state index contributed by atoms with van der Waals surface area (Å²) in [5.41, 5.74) is -2.47. The number of hydrogen-bond donors (Lipinski definition) is 2. The molecule has 3 atom stereocenters. The van der Waals surface area contributed by atoms with Crippen molar-refractivity contribution in [1.82, 2.24) is 34.4 Å². The molecule has 1 saturated carbocycles. The van der Waals surface area contributed by atoms with Gasteiger partial charge in [-0.25, -0.2) is 31.0 Å². The zero-order valence-corrected chi connectivity index (χ0v) is 33.7. The van der Waals surface area contributed by atoms with Crippen molar-refractivity contribution in [2.24, 2.45) is 18.9 Å². The highest BCUT2D eigenvalue weighted by Crippen LogP contribution is 2.68. The predicted octanol–water partition coefficient (Wildman–Crippen LogP) is 7.05. The van der Waals surface area contributed by atoms with E-state index in [-0.39, 0.29) is 67.6 Å². The Morgan fingerprint density at radius 1 is 1.07 bits per heavy atom. The summed E-state index contributed by atoms with van der Waals surface area (Å²) in [7, 11) is -2.44. The summed E-state index contributed by atoms with van der Waals surface area (Å²) in [5, 5.41) is 10.8. The van der Waals surface area contributed by atoms with Crippen LogP contribution in [0.1, 0.15) is 67.0 Å². The number of fused-ring (bicyclic) bond motifs is 5. The van der Waals surface area contributed by atoms with Gasteiger partial charge in [-0.1, -0.05) is 25.4 Å². The van der Waals surface area contributed by atoms with Gasteiger partial charge in [-0.05, 0) is 60.2 Å². The minimum Gasteiger partial charge on any atom is -0.493 e. The molecule has 6 aromatic rings. The second kappa shape index (κ2) is 14.8. The van der Waals surface area contributed by atoms with E-state index in [1.54, 1.807) is 6.07 Å². The number of hydrogen-bond acceptors (Lipinski definition) is 8. The van der Waals surface area contributed by atoms with Crippen molar-refractivity contribution in [2.45, 2.75) is 57.5 Å². The average Bonchev–Trinajstić information content (AvgIpc) is 3.69. The first kappa shape index (κ1) is 41.1. The van der Waals surface area contributed by atoms with E-state index in [1.165, 1.54) is 36.0 Å². The van der Waals surface area contributed by atoms with Crippen molar-refractivity contribution in [3.8, 4) is 11.4 Å². The van der Waals surface area contributed by atoms with Crippen LogP contribution in [0.4, 0.5) is 32.2 Å². The maximum atomic E-state index is 15.5. The summed E-state index contributed by atoms with van der Waals surface area (Å²) in [6.07, 6.45) is -2.75. The Balaban J connectivity index is 1.33. The fraction of sp³-hybridized carbons (Fsp3) is 0.359. The predicted molar refractivity (Wildman–Crippen MR) is 208 cm³/mol.